The third-order valence-corrected chi connectivity index (χ3v) is 6.66. The average Bonchev–Trinajstić information content (AvgIpc) is 2.77. The van der Waals surface area contributed by atoms with Crippen molar-refractivity contribution in [2.45, 2.75) is 24.2 Å². The van der Waals surface area contributed by atoms with E-state index in [9.17, 15) is 13.2 Å². The van der Waals surface area contributed by atoms with Gasteiger partial charge in [-0.25, -0.2) is 8.42 Å². The quantitative estimate of drug-likeness (QED) is 0.667. The van der Waals surface area contributed by atoms with E-state index >= 15 is 0 Å². The molecule has 156 valence electrons. The Kier molecular flexibility index (Phi) is 7.11. The van der Waals surface area contributed by atoms with Crippen LogP contribution in [0, 0.1) is 0 Å². The van der Waals surface area contributed by atoms with Gasteiger partial charge in [-0.15, -0.1) is 0 Å². The molecule has 7 nitrogen and oxygen atoms in total. The Bertz CT molecular complexity index is 940. The zero-order valence-corrected chi connectivity index (χ0v) is 17.3. The molecule has 1 N–H and O–H groups in total. The summed E-state index contributed by atoms with van der Waals surface area (Å²) < 4.78 is 37.9. The molecule has 1 aliphatic rings. The number of para-hydroxylation sites is 2. The van der Waals surface area contributed by atoms with Crippen LogP contribution in [0.5, 0.6) is 11.5 Å². The fourth-order valence-electron chi connectivity index (χ4n) is 3.22. The highest BCUT2D eigenvalue weighted by Gasteiger charge is 2.26. The van der Waals surface area contributed by atoms with Crippen molar-refractivity contribution in [1.29, 1.82) is 0 Å². The fourth-order valence-corrected chi connectivity index (χ4v) is 4.78. The van der Waals surface area contributed by atoms with Crippen LogP contribution >= 0.6 is 0 Å². The van der Waals surface area contributed by atoms with E-state index in [-0.39, 0.29) is 24.0 Å². The average molecular weight is 419 g/mol. The number of carbonyl (C=O) groups is 1. The molecule has 1 fully saturated rings. The Hall–Kier alpha value is -2.58. The van der Waals surface area contributed by atoms with Gasteiger partial charge in [0.05, 0.1) is 18.6 Å². The van der Waals surface area contributed by atoms with Crippen LogP contribution in [0.2, 0.25) is 0 Å². The summed E-state index contributed by atoms with van der Waals surface area (Å²) in [5.74, 6) is 0.873. The van der Waals surface area contributed by atoms with Gasteiger partial charge in [-0.2, -0.15) is 4.31 Å². The predicted octanol–water partition coefficient (Wildman–Crippen LogP) is 2.68. The van der Waals surface area contributed by atoms with Crippen molar-refractivity contribution in [2.75, 3.05) is 33.4 Å². The van der Waals surface area contributed by atoms with Crippen LogP contribution in [0.15, 0.2) is 53.4 Å². The molecular formula is C21H26N2O5S. The molecule has 1 heterocycles. The van der Waals surface area contributed by atoms with Crippen molar-refractivity contribution in [3.8, 4) is 11.5 Å². The highest BCUT2D eigenvalue weighted by atomic mass is 32.2. The number of carbonyl (C=O) groups excluding carboxylic acids is 1. The monoisotopic (exact) mass is 418 g/mol. The minimum absolute atomic E-state index is 0.150. The van der Waals surface area contributed by atoms with E-state index in [1.807, 2.05) is 12.1 Å². The molecular weight excluding hydrogens is 392 g/mol. The minimum atomic E-state index is -3.57. The van der Waals surface area contributed by atoms with Crippen LogP contribution in [-0.2, 0) is 10.0 Å². The number of hydrogen-bond acceptors (Lipinski definition) is 5. The van der Waals surface area contributed by atoms with Crippen molar-refractivity contribution >= 4 is 15.9 Å². The molecule has 0 aromatic heterocycles. The molecule has 0 radical (unpaired) electrons. The summed E-state index contributed by atoms with van der Waals surface area (Å²) in [6, 6.07) is 13.4. The summed E-state index contributed by atoms with van der Waals surface area (Å²) in [4.78, 5) is 12.6. The van der Waals surface area contributed by atoms with Crippen LogP contribution in [0.1, 0.15) is 29.6 Å². The Balaban J connectivity index is 1.58. The highest BCUT2D eigenvalue weighted by Crippen LogP contribution is 2.25. The molecule has 0 spiro atoms. The molecule has 2 aromatic rings. The molecule has 0 bridgehead atoms. The van der Waals surface area contributed by atoms with E-state index in [2.05, 4.69) is 5.32 Å². The van der Waals surface area contributed by atoms with Crippen molar-refractivity contribution in [3.05, 3.63) is 54.1 Å². The standard InChI is InChI=1S/C21H26N2O5S/c1-27-19-10-3-4-11-20(19)28-15-12-22-21(24)17-8-7-9-18(16-17)29(25,26)23-13-5-2-6-14-23/h3-4,7-11,16H,2,5-6,12-15H2,1H3,(H,22,24). The molecule has 0 unspecified atom stereocenters. The SMILES string of the molecule is COc1ccccc1OCCNC(=O)c1cccc(S(=O)(=O)N2CCCCC2)c1. The lowest BCUT2D eigenvalue weighted by Crippen LogP contribution is -2.35. The third kappa shape index (κ3) is 5.27. The van der Waals surface area contributed by atoms with E-state index in [0.29, 0.717) is 30.2 Å². The molecule has 29 heavy (non-hydrogen) atoms. The summed E-state index contributed by atoms with van der Waals surface area (Å²) in [6.07, 6.45) is 2.78. The van der Waals surface area contributed by atoms with Gasteiger partial charge in [0.2, 0.25) is 10.0 Å². The van der Waals surface area contributed by atoms with Crippen molar-refractivity contribution in [1.82, 2.24) is 9.62 Å². The molecule has 3 rings (SSSR count). The highest BCUT2D eigenvalue weighted by molar-refractivity contribution is 7.89. The number of rotatable bonds is 8. The molecule has 8 heteroatoms. The number of ether oxygens (including phenoxy) is 2. The van der Waals surface area contributed by atoms with E-state index in [1.165, 1.54) is 16.4 Å². The first-order valence-corrected chi connectivity index (χ1v) is 11.1. The number of sulfonamides is 1. The first kappa shape index (κ1) is 21.1. The molecule has 2 aromatic carbocycles. The smallest absolute Gasteiger partial charge is 0.251 e. The zero-order chi connectivity index (χ0) is 20.7. The third-order valence-electron chi connectivity index (χ3n) is 4.76. The summed E-state index contributed by atoms with van der Waals surface area (Å²) in [6.45, 7) is 1.59. The van der Waals surface area contributed by atoms with E-state index in [0.717, 1.165) is 19.3 Å². The van der Waals surface area contributed by atoms with Crippen LogP contribution in [-0.4, -0.2) is 52.0 Å². The van der Waals surface area contributed by atoms with Gasteiger partial charge in [-0.3, -0.25) is 4.79 Å². The van der Waals surface area contributed by atoms with Crippen molar-refractivity contribution < 1.29 is 22.7 Å². The zero-order valence-electron chi connectivity index (χ0n) is 16.5. The first-order chi connectivity index (χ1) is 14.0. The van der Waals surface area contributed by atoms with Gasteiger partial charge in [0, 0.05) is 18.7 Å². The molecule has 1 saturated heterocycles. The van der Waals surface area contributed by atoms with Gasteiger partial charge in [0.1, 0.15) is 6.61 Å². The second-order valence-electron chi connectivity index (χ2n) is 6.75. The van der Waals surface area contributed by atoms with E-state index in [4.69, 9.17) is 9.47 Å². The van der Waals surface area contributed by atoms with E-state index < -0.39 is 10.0 Å². The number of benzene rings is 2. The Morgan fingerprint density at radius 1 is 1.03 bits per heavy atom. The summed E-state index contributed by atoms with van der Waals surface area (Å²) in [7, 11) is -2.01. The maximum Gasteiger partial charge on any atom is 0.251 e. The number of nitrogens with one attached hydrogen (secondary N) is 1. The normalized spacial score (nSPS) is 14.9. The molecule has 0 saturated carbocycles. The Labute approximate surface area is 171 Å². The van der Waals surface area contributed by atoms with E-state index in [1.54, 1.807) is 31.4 Å². The van der Waals surface area contributed by atoms with Gasteiger partial charge in [0.15, 0.2) is 11.5 Å². The Morgan fingerprint density at radius 2 is 1.76 bits per heavy atom. The minimum Gasteiger partial charge on any atom is -0.493 e. The largest absolute Gasteiger partial charge is 0.493 e. The van der Waals surface area contributed by atoms with Gasteiger partial charge in [-0.1, -0.05) is 24.6 Å². The first-order valence-electron chi connectivity index (χ1n) is 9.66. The molecule has 0 aliphatic carbocycles. The second-order valence-corrected chi connectivity index (χ2v) is 8.69. The number of methoxy groups -OCH3 is 1. The number of piperidine rings is 1. The number of amides is 1. The Morgan fingerprint density at radius 3 is 2.48 bits per heavy atom. The molecule has 1 aliphatic heterocycles. The summed E-state index contributed by atoms with van der Waals surface area (Å²) in [5.41, 5.74) is 0.306. The predicted molar refractivity (Wildman–Crippen MR) is 110 cm³/mol. The fraction of sp³-hybridized carbons (Fsp3) is 0.381. The summed E-state index contributed by atoms with van der Waals surface area (Å²) in [5, 5.41) is 2.75. The van der Waals surface area contributed by atoms with Crippen molar-refractivity contribution in [2.24, 2.45) is 0 Å². The van der Waals surface area contributed by atoms with Crippen LogP contribution in [0.4, 0.5) is 0 Å². The second kappa shape index (κ2) is 9.76. The molecule has 0 atom stereocenters. The maximum atomic E-state index is 12.8. The van der Waals surface area contributed by atoms with Gasteiger partial charge >= 0.3 is 0 Å². The van der Waals surface area contributed by atoms with Crippen LogP contribution in [0.3, 0.4) is 0 Å². The lowest BCUT2D eigenvalue weighted by molar-refractivity contribution is 0.0946. The lowest BCUT2D eigenvalue weighted by atomic mass is 10.2. The van der Waals surface area contributed by atoms with Gasteiger partial charge < -0.3 is 14.8 Å². The van der Waals surface area contributed by atoms with Gasteiger partial charge in [-0.05, 0) is 43.2 Å². The van der Waals surface area contributed by atoms with Crippen LogP contribution in [0.25, 0.3) is 0 Å². The summed E-state index contributed by atoms with van der Waals surface area (Å²) >= 11 is 0. The lowest BCUT2D eigenvalue weighted by Gasteiger charge is -2.26. The topological polar surface area (TPSA) is 84.9 Å². The van der Waals surface area contributed by atoms with Crippen LogP contribution < -0.4 is 14.8 Å². The molecule has 1 amide bonds. The number of hydrogen-bond donors (Lipinski definition) is 1. The van der Waals surface area contributed by atoms with Gasteiger partial charge in [0.25, 0.3) is 5.91 Å². The van der Waals surface area contributed by atoms with Crippen molar-refractivity contribution in [3.63, 3.8) is 0 Å². The maximum absolute atomic E-state index is 12.8. The number of nitrogens with zero attached hydrogens (tertiary/aromatic N) is 1.